The molecular weight excluding hydrogens is 239 g/mol. The van der Waals surface area contributed by atoms with E-state index in [9.17, 15) is 9.18 Å². The van der Waals surface area contributed by atoms with Crippen LogP contribution in [0.1, 0.15) is 15.2 Å². The van der Waals surface area contributed by atoms with Gasteiger partial charge in [-0.2, -0.15) is 0 Å². The van der Waals surface area contributed by atoms with Crippen LogP contribution in [0.15, 0.2) is 29.6 Å². The molecule has 1 aromatic heterocycles. The highest BCUT2D eigenvalue weighted by molar-refractivity contribution is 7.10. The normalized spacial score (nSPS) is 10.3. The molecule has 1 aromatic carbocycles. The average Bonchev–Trinajstić information content (AvgIpc) is 2.70. The Balaban J connectivity index is 2.58. The Morgan fingerprint density at radius 1 is 1.41 bits per heavy atom. The molecule has 4 heteroatoms. The number of hydrogen-bond donors (Lipinski definition) is 0. The molecule has 88 valence electrons. The molecule has 0 aliphatic rings. The van der Waals surface area contributed by atoms with Crippen LogP contribution in [-0.4, -0.2) is 13.1 Å². The van der Waals surface area contributed by atoms with Crippen molar-refractivity contribution >= 4 is 17.3 Å². The Morgan fingerprint density at radius 2 is 2.18 bits per heavy atom. The van der Waals surface area contributed by atoms with Gasteiger partial charge in [0.25, 0.3) is 0 Å². The van der Waals surface area contributed by atoms with Crippen molar-refractivity contribution in [3.05, 3.63) is 45.9 Å². The van der Waals surface area contributed by atoms with Gasteiger partial charge in [0.1, 0.15) is 5.82 Å². The van der Waals surface area contributed by atoms with Gasteiger partial charge in [-0.1, -0.05) is 12.1 Å². The molecule has 2 nitrogen and oxygen atoms in total. The lowest BCUT2D eigenvalue weighted by molar-refractivity contribution is 0.0602. The minimum atomic E-state index is -0.395. The van der Waals surface area contributed by atoms with E-state index in [1.807, 2.05) is 6.92 Å². The van der Waals surface area contributed by atoms with Crippen molar-refractivity contribution in [2.75, 3.05) is 7.11 Å². The van der Waals surface area contributed by atoms with E-state index in [2.05, 4.69) is 0 Å². The highest BCUT2D eigenvalue weighted by Crippen LogP contribution is 2.33. The third kappa shape index (κ3) is 2.22. The molecule has 0 fully saturated rings. The second-order valence-corrected chi connectivity index (χ2v) is 4.67. The van der Waals surface area contributed by atoms with Crippen molar-refractivity contribution in [2.24, 2.45) is 0 Å². The van der Waals surface area contributed by atoms with E-state index in [1.54, 1.807) is 17.5 Å². The predicted octanol–water partition coefficient (Wildman–Crippen LogP) is 3.65. The zero-order valence-electron chi connectivity index (χ0n) is 9.49. The van der Waals surface area contributed by atoms with Crippen molar-refractivity contribution in [3.8, 4) is 11.1 Å². The molecule has 2 rings (SSSR count). The lowest BCUT2D eigenvalue weighted by atomic mass is 10.0. The lowest BCUT2D eigenvalue weighted by Crippen LogP contribution is -2.01. The Bertz CT molecular complexity index is 560. The van der Waals surface area contributed by atoms with Gasteiger partial charge in [-0.05, 0) is 24.6 Å². The van der Waals surface area contributed by atoms with Crippen LogP contribution in [0.3, 0.4) is 0 Å². The minimum Gasteiger partial charge on any atom is -0.465 e. The zero-order valence-corrected chi connectivity index (χ0v) is 10.3. The molecule has 0 spiro atoms. The van der Waals surface area contributed by atoms with Crippen LogP contribution in [-0.2, 0) is 4.74 Å². The molecule has 0 aliphatic heterocycles. The molecule has 0 saturated heterocycles. The number of carbonyl (C=O) groups is 1. The number of halogens is 1. The van der Waals surface area contributed by atoms with Crippen molar-refractivity contribution in [3.63, 3.8) is 0 Å². The average molecular weight is 250 g/mol. The fraction of sp³-hybridized carbons (Fsp3) is 0.154. The Labute approximate surface area is 103 Å². The first-order chi connectivity index (χ1) is 8.13. The van der Waals surface area contributed by atoms with Crippen molar-refractivity contribution in [1.82, 2.24) is 0 Å². The minimum absolute atomic E-state index is 0.316. The van der Waals surface area contributed by atoms with Gasteiger partial charge in [0, 0.05) is 15.8 Å². The van der Waals surface area contributed by atoms with Crippen molar-refractivity contribution < 1.29 is 13.9 Å². The summed E-state index contributed by atoms with van der Waals surface area (Å²) in [7, 11) is 1.34. The Hall–Kier alpha value is -1.68. The number of carbonyl (C=O) groups excluding carboxylic acids is 1. The first-order valence-corrected chi connectivity index (χ1v) is 5.94. The summed E-state index contributed by atoms with van der Waals surface area (Å²) < 4.78 is 17.9. The number of rotatable bonds is 2. The van der Waals surface area contributed by atoms with Crippen molar-refractivity contribution in [2.45, 2.75) is 6.92 Å². The predicted molar refractivity (Wildman–Crippen MR) is 65.8 cm³/mol. The van der Waals surface area contributed by atoms with E-state index in [4.69, 9.17) is 4.74 Å². The van der Waals surface area contributed by atoms with E-state index in [1.165, 1.54) is 30.6 Å². The molecule has 0 aliphatic carbocycles. The second-order valence-electron chi connectivity index (χ2n) is 3.58. The van der Waals surface area contributed by atoms with E-state index >= 15 is 0 Å². The largest absolute Gasteiger partial charge is 0.465 e. The summed E-state index contributed by atoms with van der Waals surface area (Å²) in [5, 5.41) is 1.74. The van der Waals surface area contributed by atoms with Crippen LogP contribution in [0.2, 0.25) is 0 Å². The summed E-state index contributed by atoms with van der Waals surface area (Å²) in [5.41, 5.74) is 1.94. The highest BCUT2D eigenvalue weighted by atomic mass is 32.1. The van der Waals surface area contributed by atoms with Gasteiger partial charge in [-0.3, -0.25) is 0 Å². The van der Waals surface area contributed by atoms with Crippen LogP contribution in [0.4, 0.5) is 4.39 Å². The number of benzene rings is 1. The maximum Gasteiger partial charge on any atom is 0.339 e. The van der Waals surface area contributed by atoms with Gasteiger partial charge >= 0.3 is 5.97 Å². The smallest absolute Gasteiger partial charge is 0.339 e. The van der Waals surface area contributed by atoms with Gasteiger partial charge in [-0.25, -0.2) is 9.18 Å². The Morgan fingerprint density at radius 3 is 2.82 bits per heavy atom. The SMILES string of the molecule is COC(=O)c1csc(C)c1-c1cccc(F)c1. The fourth-order valence-corrected chi connectivity index (χ4v) is 2.57. The lowest BCUT2D eigenvalue weighted by Gasteiger charge is -2.04. The number of ether oxygens (including phenoxy) is 1. The molecule has 0 unspecified atom stereocenters. The number of aryl methyl sites for hydroxylation is 1. The molecule has 0 atom stereocenters. The van der Waals surface area contributed by atoms with Crippen LogP contribution in [0.5, 0.6) is 0 Å². The molecule has 0 bridgehead atoms. The van der Waals surface area contributed by atoms with E-state index in [-0.39, 0.29) is 5.82 Å². The van der Waals surface area contributed by atoms with E-state index < -0.39 is 5.97 Å². The summed E-state index contributed by atoms with van der Waals surface area (Å²) in [6.07, 6.45) is 0. The third-order valence-corrected chi connectivity index (χ3v) is 3.40. The highest BCUT2D eigenvalue weighted by Gasteiger charge is 2.17. The summed E-state index contributed by atoms with van der Waals surface area (Å²) in [5.74, 6) is -0.711. The maximum absolute atomic E-state index is 13.2. The van der Waals surface area contributed by atoms with Gasteiger partial charge in [0.05, 0.1) is 12.7 Å². The molecule has 17 heavy (non-hydrogen) atoms. The molecule has 0 amide bonds. The number of esters is 1. The molecule has 0 N–H and O–H groups in total. The summed E-state index contributed by atoms with van der Waals surface area (Å²) in [4.78, 5) is 12.6. The molecule has 0 saturated carbocycles. The number of methoxy groups -OCH3 is 1. The van der Waals surface area contributed by atoms with Crippen LogP contribution >= 0.6 is 11.3 Å². The third-order valence-electron chi connectivity index (χ3n) is 2.49. The van der Waals surface area contributed by atoms with Gasteiger partial charge < -0.3 is 4.74 Å². The first-order valence-electron chi connectivity index (χ1n) is 5.06. The van der Waals surface area contributed by atoms with Gasteiger partial charge in [-0.15, -0.1) is 11.3 Å². The standard InChI is InChI=1S/C13H11FO2S/c1-8-12(9-4-3-5-10(14)6-9)11(7-17-8)13(15)16-2/h3-7H,1-2H3. The number of thiophene rings is 1. The second kappa shape index (κ2) is 4.67. The zero-order chi connectivity index (χ0) is 12.4. The summed E-state index contributed by atoms with van der Waals surface area (Å²) in [6.45, 7) is 1.90. The number of hydrogen-bond acceptors (Lipinski definition) is 3. The first kappa shape index (κ1) is 11.8. The molecular formula is C13H11FO2S. The molecule has 2 aromatic rings. The quantitative estimate of drug-likeness (QED) is 0.760. The topological polar surface area (TPSA) is 26.3 Å². The van der Waals surface area contributed by atoms with E-state index in [0.717, 1.165) is 10.4 Å². The molecule has 0 radical (unpaired) electrons. The van der Waals surface area contributed by atoms with E-state index in [0.29, 0.717) is 11.1 Å². The van der Waals surface area contributed by atoms with Crippen LogP contribution < -0.4 is 0 Å². The van der Waals surface area contributed by atoms with Gasteiger partial charge in [0.2, 0.25) is 0 Å². The van der Waals surface area contributed by atoms with Gasteiger partial charge in [0.15, 0.2) is 0 Å². The summed E-state index contributed by atoms with van der Waals surface area (Å²) >= 11 is 1.45. The fourth-order valence-electron chi connectivity index (χ4n) is 1.72. The molecule has 1 heterocycles. The van der Waals surface area contributed by atoms with Crippen molar-refractivity contribution in [1.29, 1.82) is 0 Å². The summed E-state index contributed by atoms with van der Waals surface area (Å²) in [6, 6.07) is 6.21. The van der Waals surface area contributed by atoms with Crippen LogP contribution in [0, 0.1) is 12.7 Å². The van der Waals surface area contributed by atoms with Crippen LogP contribution in [0.25, 0.3) is 11.1 Å². The maximum atomic E-state index is 13.2. The monoisotopic (exact) mass is 250 g/mol. The Kier molecular flexibility index (Phi) is 3.24.